The molecule has 0 aliphatic rings. The fourth-order valence-corrected chi connectivity index (χ4v) is 2.79. The maximum Gasteiger partial charge on any atom is 0.320 e. The normalized spacial score (nSPS) is 10.9. The van der Waals surface area contributed by atoms with E-state index in [0.29, 0.717) is 33.7 Å². The average molecular weight is 383 g/mol. The first kappa shape index (κ1) is 18.8. The van der Waals surface area contributed by atoms with Crippen molar-refractivity contribution in [2.45, 2.75) is 19.8 Å². The van der Waals surface area contributed by atoms with Crippen LogP contribution in [-0.2, 0) is 0 Å². The highest BCUT2D eigenvalue weighted by molar-refractivity contribution is 6.33. The number of benzene rings is 2. The molecule has 0 unspecified atom stereocenters. The van der Waals surface area contributed by atoms with Crippen molar-refractivity contribution >= 4 is 17.5 Å². The third kappa shape index (κ3) is 4.06. The lowest BCUT2D eigenvalue weighted by Crippen LogP contribution is -2.11. The van der Waals surface area contributed by atoms with E-state index in [2.05, 4.69) is 34.9 Å². The lowest BCUT2D eigenvalue weighted by Gasteiger charge is -2.10. The van der Waals surface area contributed by atoms with Gasteiger partial charge in [0.05, 0.1) is 12.1 Å². The number of amides is 1. The molecule has 138 valence electrons. The molecule has 0 radical (unpaired) electrons. The van der Waals surface area contributed by atoms with E-state index in [1.165, 1.54) is 12.7 Å². The number of nitrogens with zero attached hydrogens (tertiary/aromatic N) is 3. The number of ether oxygens (including phenoxy) is 1. The Labute approximate surface area is 162 Å². The van der Waals surface area contributed by atoms with Crippen LogP contribution < -0.4 is 10.5 Å². The molecule has 1 heterocycles. The Kier molecular flexibility index (Phi) is 5.37. The second-order valence-electron chi connectivity index (χ2n) is 6.31. The van der Waals surface area contributed by atoms with Gasteiger partial charge in [-0.1, -0.05) is 43.6 Å². The number of carbonyl (C=O) groups is 1. The van der Waals surface area contributed by atoms with Gasteiger partial charge in [-0.3, -0.25) is 4.79 Å². The quantitative estimate of drug-likeness (QED) is 0.717. The summed E-state index contributed by atoms with van der Waals surface area (Å²) >= 11 is 6.30. The first-order chi connectivity index (χ1) is 12.9. The van der Waals surface area contributed by atoms with Crippen LogP contribution in [0.15, 0.2) is 42.5 Å². The Morgan fingerprint density at radius 2 is 1.81 bits per heavy atom. The molecular weight excluding hydrogens is 364 g/mol. The summed E-state index contributed by atoms with van der Waals surface area (Å²) in [5, 5.41) is 0.398. The van der Waals surface area contributed by atoms with Gasteiger partial charge in [-0.25, -0.2) is 4.98 Å². The highest BCUT2D eigenvalue weighted by Crippen LogP contribution is 2.29. The molecule has 2 N–H and O–H groups in total. The van der Waals surface area contributed by atoms with Crippen molar-refractivity contribution in [3.05, 3.63) is 58.6 Å². The van der Waals surface area contributed by atoms with Gasteiger partial charge in [0.15, 0.2) is 11.6 Å². The molecular formula is C20H19ClN4O2. The van der Waals surface area contributed by atoms with E-state index in [-0.39, 0.29) is 6.01 Å². The van der Waals surface area contributed by atoms with E-state index >= 15 is 0 Å². The van der Waals surface area contributed by atoms with Gasteiger partial charge in [0, 0.05) is 16.7 Å². The maximum atomic E-state index is 11.5. The van der Waals surface area contributed by atoms with Gasteiger partial charge >= 0.3 is 6.01 Å². The Morgan fingerprint density at radius 1 is 1.07 bits per heavy atom. The number of halogens is 1. The van der Waals surface area contributed by atoms with E-state index < -0.39 is 5.91 Å². The molecule has 6 nitrogen and oxygen atoms in total. The third-order valence-corrected chi connectivity index (χ3v) is 4.43. The molecule has 7 heteroatoms. The zero-order valence-corrected chi connectivity index (χ0v) is 16.0. The summed E-state index contributed by atoms with van der Waals surface area (Å²) in [7, 11) is 1.48. The number of primary amides is 1. The summed E-state index contributed by atoms with van der Waals surface area (Å²) < 4.78 is 5.24. The van der Waals surface area contributed by atoms with Crippen LogP contribution in [-0.4, -0.2) is 28.0 Å². The fraction of sp³-hybridized carbons (Fsp3) is 0.200. The van der Waals surface area contributed by atoms with Gasteiger partial charge in [-0.2, -0.15) is 9.97 Å². The van der Waals surface area contributed by atoms with Gasteiger partial charge in [-0.05, 0) is 35.7 Å². The van der Waals surface area contributed by atoms with E-state index in [1.54, 1.807) is 18.2 Å². The molecule has 0 saturated heterocycles. The topological polar surface area (TPSA) is 91.0 Å². The van der Waals surface area contributed by atoms with Crippen LogP contribution in [0.25, 0.3) is 22.8 Å². The van der Waals surface area contributed by atoms with Gasteiger partial charge in [0.2, 0.25) is 5.91 Å². The first-order valence-electron chi connectivity index (χ1n) is 8.39. The van der Waals surface area contributed by atoms with E-state index in [1.807, 2.05) is 18.2 Å². The van der Waals surface area contributed by atoms with Crippen LogP contribution in [0, 0.1) is 0 Å². The molecule has 0 saturated carbocycles. The zero-order valence-electron chi connectivity index (χ0n) is 15.2. The molecule has 3 rings (SSSR count). The fourth-order valence-electron chi connectivity index (χ4n) is 2.58. The summed E-state index contributed by atoms with van der Waals surface area (Å²) in [4.78, 5) is 24.7. The Bertz CT molecular complexity index is 1010. The van der Waals surface area contributed by atoms with Crippen molar-refractivity contribution < 1.29 is 9.53 Å². The van der Waals surface area contributed by atoms with Crippen molar-refractivity contribution in [1.82, 2.24) is 15.0 Å². The van der Waals surface area contributed by atoms with Crippen molar-refractivity contribution in [3.8, 4) is 28.8 Å². The molecule has 0 bridgehead atoms. The first-order valence-corrected chi connectivity index (χ1v) is 8.77. The standard InChI is InChI=1S/C20H19ClN4O2/c1-11(2)12-5-4-6-14(9-12)18-23-19(25-20(24-18)27-3)15-10-13(17(22)26)7-8-16(15)21/h4-11H,1-3H3,(H2,22,26). The lowest BCUT2D eigenvalue weighted by atomic mass is 10.0. The molecule has 0 atom stereocenters. The van der Waals surface area contributed by atoms with Crippen LogP contribution in [0.2, 0.25) is 5.02 Å². The van der Waals surface area contributed by atoms with Gasteiger partial charge in [-0.15, -0.1) is 0 Å². The van der Waals surface area contributed by atoms with Gasteiger partial charge < -0.3 is 10.5 Å². The van der Waals surface area contributed by atoms with E-state index in [4.69, 9.17) is 22.1 Å². The predicted octanol–water partition coefficient (Wildman–Crippen LogP) is 4.09. The number of hydrogen-bond acceptors (Lipinski definition) is 5. The smallest absolute Gasteiger partial charge is 0.320 e. The minimum absolute atomic E-state index is 0.158. The van der Waals surface area contributed by atoms with Gasteiger partial charge in [0.25, 0.3) is 0 Å². The average Bonchev–Trinajstić information content (AvgIpc) is 2.67. The maximum absolute atomic E-state index is 11.5. The molecule has 0 aliphatic carbocycles. The summed E-state index contributed by atoms with van der Waals surface area (Å²) in [5.74, 6) is 0.577. The lowest BCUT2D eigenvalue weighted by molar-refractivity contribution is 0.100. The number of carbonyl (C=O) groups excluding carboxylic acids is 1. The number of hydrogen-bond donors (Lipinski definition) is 1. The molecule has 0 aliphatic heterocycles. The molecule has 2 aromatic carbocycles. The van der Waals surface area contributed by atoms with Crippen molar-refractivity contribution in [2.24, 2.45) is 5.73 Å². The number of methoxy groups -OCH3 is 1. The highest BCUT2D eigenvalue weighted by Gasteiger charge is 2.15. The van der Waals surface area contributed by atoms with Gasteiger partial charge in [0.1, 0.15) is 0 Å². The van der Waals surface area contributed by atoms with Crippen LogP contribution in [0.5, 0.6) is 6.01 Å². The number of aromatic nitrogens is 3. The Balaban J connectivity index is 2.17. The summed E-state index contributed by atoms with van der Waals surface area (Å²) in [5.41, 5.74) is 8.18. The zero-order chi connectivity index (χ0) is 19.6. The van der Waals surface area contributed by atoms with Crippen molar-refractivity contribution in [2.75, 3.05) is 7.11 Å². The number of nitrogens with two attached hydrogens (primary N) is 1. The second kappa shape index (κ2) is 7.72. The SMILES string of the molecule is COc1nc(-c2cccc(C(C)C)c2)nc(-c2cc(C(N)=O)ccc2Cl)n1. The minimum atomic E-state index is -0.557. The number of rotatable bonds is 5. The summed E-state index contributed by atoms with van der Waals surface area (Å²) in [6, 6.07) is 12.8. The van der Waals surface area contributed by atoms with E-state index in [0.717, 1.165) is 5.56 Å². The third-order valence-electron chi connectivity index (χ3n) is 4.10. The molecule has 0 spiro atoms. The Morgan fingerprint density at radius 3 is 2.48 bits per heavy atom. The Hall–Kier alpha value is -2.99. The van der Waals surface area contributed by atoms with Crippen molar-refractivity contribution in [1.29, 1.82) is 0 Å². The molecule has 1 amide bonds. The second-order valence-corrected chi connectivity index (χ2v) is 6.72. The molecule has 27 heavy (non-hydrogen) atoms. The van der Waals surface area contributed by atoms with Crippen LogP contribution in [0.3, 0.4) is 0 Å². The summed E-state index contributed by atoms with van der Waals surface area (Å²) in [6.07, 6.45) is 0. The van der Waals surface area contributed by atoms with Crippen LogP contribution >= 0.6 is 11.6 Å². The molecule has 0 fully saturated rings. The highest BCUT2D eigenvalue weighted by atomic mass is 35.5. The van der Waals surface area contributed by atoms with Crippen LogP contribution in [0.1, 0.15) is 35.7 Å². The monoisotopic (exact) mass is 382 g/mol. The summed E-state index contributed by atoms with van der Waals surface area (Å²) in [6.45, 7) is 4.24. The molecule has 3 aromatic rings. The molecule has 1 aromatic heterocycles. The van der Waals surface area contributed by atoms with Crippen molar-refractivity contribution in [3.63, 3.8) is 0 Å². The van der Waals surface area contributed by atoms with Crippen LogP contribution in [0.4, 0.5) is 0 Å². The minimum Gasteiger partial charge on any atom is -0.467 e. The largest absolute Gasteiger partial charge is 0.467 e. The van der Waals surface area contributed by atoms with E-state index in [9.17, 15) is 4.79 Å². The predicted molar refractivity (Wildman–Crippen MR) is 105 cm³/mol.